The zero-order valence-electron chi connectivity index (χ0n) is 27.1. The van der Waals surface area contributed by atoms with Crippen molar-refractivity contribution in [3.63, 3.8) is 0 Å². The van der Waals surface area contributed by atoms with Crippen molar-refractivity contribution in [2.24, 2.45) is 17.8 Å². The topological polar surface area (TPSA) is 133 Å². The van der Waals surface area contributed by atoms with Gasteiger partial charge in [0.2, 0.25) is 0 Å². The molecule has 2 fully saturated rings. The van der Waals surface area contributed by atoms with E-state index in [9.17, 15) is 19.5 Å². The number of ether oxygens (including phenoxy) is 5. The first-order valence-corrected chi connectivity index (χ1v) is 15.1. The lowest BCUT2D eigenvalue weighted by molar-refractivity contribution is -0.294. The molecule has 0 aliphatic carbocycles. The minimum absolute atomic E-state index is 0.0908. The number of rotatable bonds is 5. The zero-order valence-corrected chi connectivity index (χ0v) is 27.1. The number of nitrogens with one attached hydrogen (secondary N) is 1. The summed E-state index contributed by atoms with van der Waals surface area (Å²) in [4.78, 5) is 41.7. The standard InChI is InChI=1S/C31H52N2O9/c1-12-22-31(8)25(32-29(37)42-31)20(6)23(34)18(4)15-30(7,38-11)26(16(2)13-17(3)27(36)40-22)41-28-24(35)21(33(9)10)14-19(5)39-28/h13,16,18-22,24-26,28,35H,12,14-15H2,1-11H3,(H,32,37)/b17-13+/t16-,18+,19+,20-,21-,22?,24+,25+,26+,28-,30+,31+/m0/s1. The number of carbonyl (C=O) groups is 3. The molecule has 2 N–H and O–H groups in total. The maximum Gasteiger partial charge on any atom is 0.408 e. The monoisotopic (exact) mass is 596 g/mol. The van der Waals surface area contributed by atoms with E-state index in [2.05, 4.69) is 5.32 Å². The van der Waals surface area contributed by atoms with Gasteiger partial charge in [-0.2, -0.15) is 0 Å². The molecular weight excluding hydrogens is 544 g/mol. The SMILES string of the molecule is CCC1OC(=O)/C(C)=C/[C@H](C)[C@@H](O[C@@H]2O[C@H](C)C[C@H](N(C)C)[C@H]2O)[C@](C)(OC)C[C@@H](C)C(=O)[C@H](C)[C@H]2NC(=O)O[C@]12C. The van der Waals surface area contributed by atoms with Crippen molar-refractivity contribution in [1.29, 1.82) is 0 Å². The molecule has 1 amide bonds. The van der Waals surface area contributed by atoms with Crippen LogP contribution in [0.25, 0.3) is 0 Å². The van der Waals surface area contributed by atoms with E-state index < -0.39 is 71.7 Å². The van der Waals surface area contributed by atoms with Crippen molar-refractivity contribution in [1.82, 2.24) is 10.2 Å². The second kappa shape index (κ2) is 13.3. The number of likely N-dealkylation sites (N-methyl/N-ethyl adjacent to an activating group) is 1. The first-order chi connectivity index (χ1) is 19.5. The van der Waals surface area contributed by atoms with Crippen LogP contribution in [0.3, 0.4) is 0 Å². The average Bonchev–Trinajstić information content (AvgIpc) is 3.24. The number of aliphatic hydroxyl groups is 1. The van der Waals surface area contributed by atoms with Gasteiger partial charge in [-0.15, -0.1) is 0 Å². The van der Waals surface area contributed by atoms with Crippen molar-refractivity contribution in [3.8, 4) is 0 Å². The Morgan fingerprint density at radius 1 is 1.14 bits per heavy atom. The smallest absolute Gasteiger partial charge is 0.408 e. The van der Waals surface area contributed by atoms with E-state index in [4.69, 9.17) is 23.7 Å². The van der Waals surface area contributed by atoms with Gasteiger partial charge in [0.15, 0.2) is 11.9 Å². The molecule has 0 bridgehead atoms. The number of hydrogen-bond acceptors (Lipinski definition) is 10. The van der Waals surface area contributed by atoms with Gasteiger partial charge < -0.3 is 39.0 Å². The molecule has 0 aromatic rings. The molecular formula is C31H52N2O9. The number of ketones is 1. The number of cyclic esters (lactones) is 1. The van der Waals surface area contributed by atoms with Gasteiger partial charge in [0.25, 0.3) is 0 Å². The molecule has 3 aliphatic rings. The Labute approximate surface area is 250 Å². The maximum atomic E-state index is 13.9. The molecule has 12 atom stereocenters. The predicted molar refractivity (Wildman–Crippen MR) is 156 cm³/mol. The van der Waals surface area contributed by atoms with E-state index in [-0.39, 0.29) is 24.3 Å². The van der Waals surface area contributed by atoms with Crippen LogP contribution in [0.1, 0.15) is 74.7 Å². The Hall–Kier alpha value is -2.05. The highest BCUT2D eigenvalue weighted by atomic mass is 16.7. The first-order valence-electron chi connectivity index (χ1n) is 15.1. The number of fused-ring (bicyclic) bond motifs is 1. The molecule has 0 radical (unpaired) electrons. The van der Waals surface area contributed by atoms with Crippen molar-refractivity contribution in [3.05, 3.63) is 11.6 Å². The lowest BCUT2D eigenvalue weighted by atomic mass is 9.74. The van der Waals surface area contributed by atoms with Crippen molar-refractivity contribution < 1.29 is 43.2 Å². The molecule has 1 unspecified atom stereocenters. The summed E-state index contributed by atoms with van der Waals surface area (Å²) in [6.45, 7) is 14.5. The molecule has 0 spiro atoms. The second-order valence-corrected chi connectivity index (χ2v) is 13.1. The molecule has 3 aliphatic heterocycles. The van der Waals surface area contributed by atoms with Crippen LogP contribution in [0.15, 0.2) is 11.6 Å². The van der Waals surface area contributed by atoms with Crippen LogP contribution in [0.2, 0.25) is 0 Å². The Kier molecular flexibility index (Phi) is 10.9. The van der Waals surface area contributed by atoms with E-state index in [0.717, 1.165) is 0 Å². The van der Waals surface area contributed by atoms with Gasteiger partial charge in [-0.25, -0.2) is 9.59 Å². The van der Waals surface area contributed by atoms with Crippen molar-refractivity contribution >= 4 is 17.8 Å². The van der Waals surface area contributed by atoms with E-state index in [0.29, 0.717) is 18.4 Å². The molecule has 2 saturated heterocycles. The summed E-state index contributed by atoms with van der Waals surface area (Å²) in [5.74, 6) is -2.20. The van der Waals surface area contributed by atoms with Gasteiger partial charge in [0.1, 0.15) is 18.0 Å². The Morgan fingerprint density at radius 3 is 2.36 bits per heavy atom. The highest BCUT2D eigenvalue weighted by Crippen LogP contribution is 2.39. The van der Waals surface area contributed by atoms with Gasteiger partial charge in [-0.05, 0) is 61.1 Å². The van der Waals surface area contributed by atoms with Gasteiger partial charge in [-0.1, -0.05) is 33.8 Å². The lowest BCUT2D eigenvalue weighted by Crippen LogP contribution is -2.58. The van der Waals surface area contributed by atoms with Crippen LogP contribution in [-0.4, -0.2) is 103 Å². The number of nitrogens with zero attached hydrogens (tertiary/aromatic N) is 1. The third-order valence-corrected chi connectivity index (χ3v) is 9.55. The quantitative estimate of drug-likeness (QED) is 0.456. The molecule has 3 heterocycles. The van der Waals surface area contributed by atoms with Gasteiger partial charge >= 0.3 is 12.1 Å². The van der Waals surface area contributed by atoms with E-state index >= 15 is 0 Å². The third kappa shape index (κ3) is 6.85. The third-order valence-electron chi connectivity index (χ3n) is 9.55. The first kappa shape index (κ1) is 34.4. The van der Waals surface area contributed by atoms with Crippen LogP contribution in [0.4, 0.5) is 4.79 Å². The summed E-state index contributed by atoms with van der Waals surface area (Å²) < 4.78 is 30.4. The van der Waals surface area contributed by atoms with Crippen molar-refractivity contribution in [2.75, 3.05) is 21.2 Å². The zero-order chi connectivity index (χ0) is 31.7. The highest BCUT2D eigenvalue weighted by Gasteiger charge is 2.56. The highest BCUT2D eigenvalue weighted by molar-refractivity contribution is 5.88. The minimum atomic E-state index is -1.24. The summed E-state index contributed by atoms with van der Waals surface area (Å²) >= 11 is 0. The predicted octanol–water partition coefficient (Wildman–Crippen LogP) is 3.22. The summed E-state index contributed by atoms with van der Waals surface area (Å²) in [5, 5.41) is 14.0. The van der Waals surface area contributed by atoms with Gasteiger partial charge in [-0.3, -0.25) is 4.79 Å². The largest absolute Gasteiger partial charge is 0.455 e. The maximum absolute atomic E-state index is 13.9. The summed E-state index contributed by atoms with van der Waals surface area (Å²) in [6.07, 6.45) is -1.13. The molecule has 0 aromatic carbocycles. The Morgan fingerprint density at radius 2 is 1.79 bits per heavy atom. The van der Waals surface area contributed by atoms with E-state index in [1.165, 1.54) is 0 Å². The summed E-state index contributed by atoms with van der Waals surface area (Å²) in [5.41, 5.74) is -1.91. The number of aliphatic hydroxyl groups excluding tert-OH is 1. The summed E-state index contributed by atoms with van der Waals surface area (Å²) in [7, 11) is 5.38. The van der Waals surface area contributed by atoms with Crippen molar-refractivity contribution in [2.45, 2.75) is 129 Å². The molecule has 0 aromatic heterocycles. The second-order valence-electron chi connectivity index (χ2n) is 13.1. The normalized spacial score (nSPS) is 45.3. The molecule has 42 heavy (non-hydrogen) atoms. The number of methoxy groups -OCH3 is 1. The Balaban J connectivity index is 2.08. The number of hydrogen-bond donors (Lipinski definition) is 2. The van der Waals surface area contributed by atoms with Crippen LogP contribution in [0.5, 0.6) is 0 Å². The number of Topliss-reactive ketones (excluding diaryl/α,β-unsaturated/α-hetero) is 1. The molecule has 0 saturated carbocycles. The number of esters is 1. The van der Waals surface area contributed by atoms with Crippen LogP contribution in [-0.2, 0) is 33.3 Å². The van der Waals surface area contributed by atoms with Gasteiger partial charge in [0, 0.05) is 36.5 Å². The van der Waals surface area contributed by atoms with Crippen LogP contribution < -0.4 is 5.32 Å². The van der Waals surface area contributed by atoms with E-state index in [1.807, 2.05) is 53.6 Å². The van der Waals surface area contributed by atoms with Gasteiger partial charge in [0.05, 0.1) is 23.9 Å². The minimum Gasteiger partial charge on any atom is -0.455 e. The number of carbonyl (C=O) groups excluding carboxylic acids is 3. The average molecular weight is 597 g/mol. The molecule has 11 nitrogen and oxygen atoms in total. The number of amides is 1. The molecule has 11 heteroatoms. The molecule has 3 rings (SSSR count). The van der Waals surface area contributed by atoms with Crippen LogP contribution in [0, 0.1) is 17.8 Å². The summed E-state index contributed by atoms with van der Waals surface area (Å²) in [6, 6.07) is -0.890. The molecule has 240 valence electrons. The Bertz CT molecular complexity index is 1030. The fraction of sp³-hybridized carbons (Fsp3) is 0.839. The fourth-order valence-electron chi connectivity index (χ4n) is 7.09. The van der Waals surface area contributed by atoms with Crippen LogP contribution >= 0.6 is 0 Å². The lowest BCUT2D eigenvalue weighted by Gasteiger charge is -2.46. The van der Waals surface area contributed by atoms with E-state index in [1.54, 1.807) is 34.0 Å². The fourth-order valence-corrected chi connectivity index (χ4v) is 7.09. The number of alkyl carbamates (subject to hydrolysis) is 1.